The van der Waals surface area contributed by atoms with Crippen LogP contribution in [0.5, 0.6) is 0 Å². The number of hydrogen-bond acceptors (Lipinski definition) is 4. The Hall–Kier alpha value is -1.63. The molecule has 0 saturated heterocycles. The highest BCUT2D eigenvalue weighted by molar-refractivity contribution is 5.66. The fourth-order valence-electron chi connectivity index (χ4n) is 2.66. The maximum atomic E-state index is 11.9. The van der Waals surface area contributed by atoms with Crippen LogP contribution in [0.3, 0.4) is 0 Å². The molecule has 6 nitrogen and oxygen atoms in total. The Morgan fingerprint density at radius 2 is 1.72 bits per heavy atom. The molecule has 1 amide bonds. The summed E-state index contributed by atoms with van der Waals surface area (Å²) in [6.45, 7) is 11.3. The van der Waals surface area contributed by atoms with E-state index in [1.807, 2.05) is 71.9 Å². The predicted molar refractivity (Wildman–Crippen MR) is 98.4 cm³/mol. The molecule has 0 aromatic heterocycles. The monoisotopic (exact) mass is 352 g/mol. The maximum Gasteiger partial charge on any atom is 0.408 e. The van der Waals surface area contributed by atoms with E-state index in [1.54, 1.807) is 0 Å². The summed E-state index contributed by atoms with van der Waals surface area (Å²) in [5, 5.41) is 20.4. The molecule has 0 aliphatic heterocycles. The van der Waals surface area contributed by atoms with Crippen molar-refractivity contribution in [3.63, 3.8) is 0 Å². The molecule has 0 unspecified atom stereocenters. The van der Waals surface area contributed by atoms with Crippen LogP contribution < -0.4 is 5.48 Å². The van der Waals surface area contributed by atoms with Gasteiger partial charge in [0.15, 0.2) is 0 Å². The third-order valence-corrected chi connectivity index (χ3v) is 3.66. The molecule has 1 aromatic rings. The van der Waals surface area contributed by atoms with Gasteiger partial charge >= 0.3 is 6.09 Å². The molecule has 25 heavy (non-hydrogen) atoms. The number of amides is 1. The van der Waals surface area contributed by atoms with Gasteiger partial charge in [0, 0.05) is 12.1 Å². The quantitative estimate of drug-likeness (QED) is 0.657. The van der Waals surface area contributed by atoms with E-state index in [1.165, 1.54) is 4.90 Å². The van der Waals surface area contributed by atoms with Crippen LogP contribution >= 0.6 is 0 Å². The van der Waals surface area contributed by atoms with Gasteiger partial charge in [0.05, 0.1) is 17.7 Å². The first-order valence-corrected chi connectivity index (χ1v) is 8.57. The van der Waals surface area contributed by atoms with E-state index in [0.29, 0.717) is 6.42 Å². The Morgan fingerprint density at radius 3 is 2.16 bits per heavy atom. The summed E-state index contributed by atoms with van der Waals surface area (Å²) < 4.78 is 0. The Labute approximate surface area is 150 Å². The molecule has 0 heterocycles. The number of aliphatic hydroxyl groups excluding tert-OH is 1. The fraction of sp³-hybridized carbons (Fsp3) is 0.632. The molecular formula is C19H32N2O4. The summed E-state index contributed by atoms with van der Waals surface area (Å²) in [6.07, 6.45) is -1.55. The Bertz CT molecular complexity index is 535. The Balaban J connectivity index is 2.99. The van der Waals surface area contributed by atoms with Gasteiger partial charge in [0.25, 0.3) is 0 Å². The van der Waals surface area contributed by atoms with E-state index in [9.17, 15) is 15.0 Å². The van der Waals surface area contributed by atoms with E-state index in [-0.39, 0.29) is 6.54 Å². The lowest BCUT2D eigenvalue weighted by Crippen LogP contribution is -2.58. The molecule has 0 saturated carbocycles. The zero-order valence-corrected chi connectivity index (χ0v) is 16.1. The summed E-state index contributed by atoms with van der Waals surface area (Å²) in [7, 11) is 0. The molecule has 1 rings (SSSR count). The summed E-state index contributed by atoms with van der Waals surface area (Å²) >= 11 is 0. The second-order valence-corrected chi connectivity index (χ2v) is 8.21. The van der Waals surface area contributed by atoms with Gasteiger partial charge in [-0.05, 0) is 53.5 Å². The molecule has 2 atom stereocenters. The number of nitrogens with one attached hydrogen (secondary N) is 1. The lowest BCUT2D eigenvalue weighted by Gasteiger charge is -2.42. The van der Waals surface area contributed by atoms with Gasteiger partial charge in [-0.1, -0.05) is 30.3 Å². The van der Waals surface area contributed by atoms with Crippen molar-refractivity contribution >= 4 is 6.09 Å². The van der Waals surface area contributed by atoms with Gasteiger partial charge in [-0.2, -0.15) is 5.48 Å². The lowest BCUT2D eigenvalue weighted by atomic mass is 9.95. The van der Waals surface area contributed by atoms with Crippen molar-refractivity contribution in [1.82, 2.24) is 10.4 Å². The molecule has 1 aromatic carbocycles. The fourth-order valence-corrected chi connectivity index (χ4v) is 2.66. The van der Waals surface area contributed by atoms with Gasteiger partial charge in [0.1, 0.15) is 0 Å². The molecule has 3 N–H and O–H groups in total. The van der Waals surface area contributed by atoms with Crippen molar-refractivity contribution in [3.05, 3.63) is 35.9 Å². The number of carbonyl (C=O) groups is 1. The number of nitrogens with zero attached hydrogens (tertiary/aromatic N) is 1. The van der Waals surface area contributed by atoms with Gasteiger partial charge in [0.2, 0.25) is 0 Å². The second-order valence-electron chi connectivity index (χ2n) is 8.21. The van der Waals surface area contributed by atoms with Gasteiger partial charge in [-0.3, -0.25) is 9.74 Å². The Morgan fingerprint density at radius 1 is 1.16 bits per heavy atom. The SMILES string of the molecule is CC(C)(C)ONC[C@H](O)[C@H](Cc1ccccc1)N(C(=O)O)C(C)(C)C. The van der Waals surface area contributed by atoms with Gasteiger partial charge in [-0.25, -0.2) is 4.79 Å². The molecule has 142 valence electrons. The molecule has 0 aliphatic carbocycles. The number of carboxylic acid groups (broad SMARTS) is 1. The molecule has 0 bridgehead atoms. The van der Waals surface area contributed by atoms with Crippen molar-refractivity contribution in [3.8, 4) is 0 Å². The summed E-state index contributed by atoms with van der Waals surface area (Å²) in [4.78, 5) is 18.7. The van der Waals surface area contributed by atoms with Crippen molar-refractivity contribution < 1.29 is 19.8 Å². The molecular weight excluding hydrogens is 320 g/mol. The minimum Gasteiger partial charge on any atom is -0.465 e. The first-order valence-electron chi connectivity index (χ1n) is 8.57. The standard InChI is InChI=1S/C19H32N2O4/c1-18(2,3)21(17(23)24)15(12-14-10-8-7-9-11-14)16(22)13-20-25-19(4,5)6/h7-11,15-16,20,22H,12-13H2,1-6H3,(H,23,24)/t15-,16-/m0/s1. The second kappa shape index (κ2) is 8.65. The van der Waals surface area contributed by atoms with E-state index < -0.39 is 29.4 Å². The van der Waals surface area contributed by atoms with Crippen molar-refractivity contribution in [2.45, 2.75) is 71.2 Å². The zero-order chi connectivity index (χ0) is 19.3. The smallest absolute Gasteiger partial charge is 0.408 e. The highest BCUT2D eigenvalue weighted by Crippen LogP contribution is 2.22. The zero-order valence-electron chi connectivity index (χ0n) is 16.1. The number of rotatable bonds is 7. The molecule has 0 radical (unpaired) electrons. The summed E-state index contributed by atoms with van der Waals surface area (Å²) in [5.74, 6) is 0. The third-order valence-electron chi connectivity index (χ3n) is 3.66. The topological polar surface area (TPSA) is 82.0 Å². The summed E-state index contributed by atoms with van der Waals surface area (Å²) in [5.41, 5.74) is 2.70. The highest BCUT2D eigenvalue weighted by Gasteiger charge is 2.37. The predicted octanol–water partition coefficient (Wildman–Crippen LogP) is 3.06. The number of hydroxylamine groups is 1. The van der Waals surface area contributed by atoms with Crippen molar-refractivity contribution in [2.75, 3.05) is 6.54 Å². The first-order chi connectivity index (χ1) is 11.4. The van der Waals surface area contributed by atoms with Crippen LogP contribution in [0.1, 0.15) is 47.1 Å². The number of hydrogen-bond donors (Lipinski definition) is 3. The van der Waals surface area contributed by atoms with Gasteiger partial charge in [-0.15, -0.1) is 0 Å². The van der Waals surface area contributed by atoms with Crippen LogP contribution in [0.15, 0.2) is 30.3 Å². The lowest BCUT2D eigenvalue weighted by molar-refractivity contribution is -0.0922. The first kappa shape index (κ1) is 21.4. The molecule has 0 fully saturated rings. The minimum atomic E-state index is -1.05. The molecule has 0 aliphatic rings. The van der Waals surface area contributed by atoms with Gasteiger partial charge < -0.3 is 10.2 Å². The highest BCUT2D eigenvalue weighted by atomic mass is 16.7. The number of aliphatic hydroxyl groups is 1. The van der Waals surface area contributed by atoms with Crippen LogP contribution in [0.4, 0.5) is 4.79 Å². The third kappa shape index (κ3) is 7.42. The normalized spacial score (nSPS) is 14.8. The van der Waals surface area contributed by atoms with Crippen molar-refractivity contribution in [1.29, 1.82) is 0 Å². The van der Waals surface area contributed by atoms with Crippen LogP contribution in [0.2, 0.25) is 0 Å². The summed E-state index contributed by atoms with van der Waals surface area (Å²) in [6, 6.07) is 8.98. The molecule has 0 spiro atoms. The average Bonchev–Trinajstić information content (AvgIpc) is 2.44. The van der Waals surface area contributed by atoms with Crippen LogP contribution in [0.25, 0.3) is 0 Å². The van der Waals surface area contributed by atoms with Crippen LogP contribution in [-0.4, -0.2) is 51.0 Å². The van der Waals surface area contributed by atoms with E-state index in [4.69, 9.17) is 4.84 Å². The largest absolute Gasteiger partial charge is 0.465 e. The van der Waals surface area contributed by atoms with E-state index >= 15 is 0 Å². The van der Waals surface area contributed by atoms with Crippen LogP contribution in [-0.2, 0) is 11.3 Å². The number of benzene rings is 1. The Kier molecular flexibility index (Phi) is 7.41. The maximum absolute atomic E-state index is 11.9. The molecule has 6 heteroatoms. The average molecular weight is 352 g/mol. The van der Waals surface area contributed by atoms with Crippen molar-refractivity contribution in [2.24, 2.45) is 0 Å². The minimum absolute atomic E-state index is 0.134. The van der Waals surface area contributed by atoms with E-state index in [2.05, 4.69) is 5.48 Å². The van der Waals surface area contributed by atoms with Crippen LogP contribution in [0, 0.1) is 0 Å². The van der Waals surface area contributed by atoms with E-state index in [0.717, 1.165) is 5.56 Å².